The summed E-state index contributed by atoms with van der Waals surface area (Å²) in [5.74, 6) is 0. The second-order valence-corrected chi connectivity index (χ2v) is 30.5. The highest BCUT2D eigenvalue weighted by molar-refractivity contribution is 6.12. The van der Waals surface area contributed by atoms with Gasteiger partial charge in [0.2, 0.25) is 0 Å². The molecule has 2 aromatic heterocycles. The summed E-state index contributed by atoms with van der Waals surface area (Å²) in [6.45, 7) is 0. The van der Waals surface area contributed by atoms with Gasteiger partial charge in [0.15, 0.2) is 0 Å². The zero-order valence-corrected chi connectivity index (χ0v) is 66.6. The standard InChI is InChI=1S/C62H43N3.C54H39N3/c1-3-15-44(16-4-1)47-29-34-53(35-30-47)65-61-28-12-11-27-59(61)60-38-33-51(42-62(60)65)50-21-13-24-54(41-50)64(58-37-32-46-18-8-10-20-49(46)40-58)56-26-14-25-55(43-56)63(52-22-5-2-6-23-52)57-36-31-45-17-7-9-19-48(45)39-57;1-5-17-40(18-6-1)41-31-34-47(35-32-41)55(44-20-7-2-8-21-44)49-27-16-28-50(39-49)56(45-22-9-3-10-23-45)48-26-15-19-42(37-48)43-33-36-52-51-29-13-14-30-53(51)57(54(52)38-43)46-24-11-4-12-25-46/h1-43H;1-39H/i;3D,9D,10D,22D,23D. The van der Waals surface area contributed by atoms with E-state index in [4.69, 9.17) is 4.11 Å². The highest BCUT2D eigenvalue weighted by Gasteiger charge is 2.24. The quantitative estimate of drug-likeness (QED) is 0.0854. The van der Waals surface area contributed by atoms with Gasteiger partial charge in [0.1, 0.15) is 0 Å². The first-order valence-corrected chi connectivity index (χ1v) is 41.3. The summed E-state index contributed by atoms with van der Waals surface area (Å²) < 4.78 is 49.0. The fraction of sp³-hybridized carbons (Fsp3) is 0. The largest absolute Gasteiger partial charge is 0.310 e. The van der Waals surface area contributed by atoms with Crippen LogP contribution < -0.4 is 19.6 Å². The fourth-order valence-electron chi connectivity index (χ4n) is 17.4. The number of aromatic nitrogens is 2. The summed E-state index contributed by atoms with van der Waals surface area (Å²) in [5.41, 5.74) is 26.1. The summed E-state index contributed by atoms with van der Waals surface area (Å²) in [4.78, 5) is 8.70. The van der Waals surface area contributed by atoms with E-state index in [1.807, 2.05) is 103 Å². The molecule has 2 heterocycles. The molecule has 0 aliphatic heterocycles. The zero-order chi connectivity index (χ0) is 85.4. The van der Waals surface area contributed by atoms with E-state index in [-0.39, 0.29) is 17.8 Å². The van der Waals surface area contributed by atoms with E-state index in [9.17, 15) is 2.74 Å². The van der Waals surface area contributed by atoms with Crippen molar-refractivity contribution in [1.29, 1.82) is 0 Å². The van der Waals surface area contributed by atoms with Gasteiger partial charge in [-0.2, -0.15) is 0 Å². The number of anilines is 12. The van der Waals surface area contributed by atoms with Gasteiger partial charge in [0.05, 0.1) is 28.9 Å². The Hall–Kier alpha value is -16.3. The Morgan fingerprint density at radius 1 is 0.156 bits per heavy atom. The Labute approximate surface area is 717 Å². The van der Waals surface area contributed by atoms with Crippen LogP contribution in [0.15, 0.2) is 497 Å². The van der Waals surface area contributed by atoms with Gasteiger partial charge in [-0.25, -0.2) is 0 Å². The maximum absolute atomic E-state index is 9.20. The van der Waals surface area contributed by atoms with E-state index < -0.39 is 18.1 Å². The number of nitrogens with zero attached hydrogens (tertiary/aromatic N) is 6. The molecule has 576 valence electrons. The molecule has 0 spiro atoms. The van der Waals surface area contributed by atoms with Crippen molar-refractivity contribution in [3.63, 3.8) is 0 Å². The molecule has 0 radical (unpaired) electrons. The SMILES string of the molecule is [2H]c1c([2H])c([2H])c(N(c2cccc(-c3ccc4c5ccccc5n(-c5ccccc5)c4c3)c2)c2cccc(N(c3ccccc3)c3ccc(-c4ccccc4)cc3)c2)c([2H])c1[2H].c1ccc(-c2ccc(-n3c4ccccc4c4ccc(-c5cccc(N(c6cccc(N(c7ccccc7)c7ccc8ccccc8c7)c6)c6ccc7ccccc7c6)c5)cc43)cc2)cc1. The maximum atomic E-state index is 9.20. The van der Waals surface area contributed by atoms with Crippen molar-refractivity contribution >= 4 is 133 Å². The lowest BCUT2D eigenvalue weighted by Gasteiger charge is -2.30. The van der Waals surface area contributed by atoms with Crippen LogP contribution in [0.4, 0.5) is 68.2 Å². The van der Waals surface area contributed by atoms with Gasteiger partial charge in [0, 0.05) is 101 Å². The number of benzene rings is 20. The molecule has 0 unspecified atom stereocenters. The number of fused-ring (bicyclic) bond motifs is 8. The Kier molecular flexibility index (Phi) is 18.2. The highest BCUT2D eigenvalue weighted by Crippen LogP contribution is 2.47. The van der Waals surface area contributed by atoms with Crippen LogP contribution in [0.5, 0.6) is 0 Å². The van der Waals surface area contributed by atoms with Gasteiger partial charge in [-0.3, -0.25) is 0 Å². The lowest BCUT2D eigenvalue weighted by Crippen LogP contribution is -2.13. The van der Waals surface area contributed by atoms with Gasteiger partial charge in [-0.05, 0) is 248 Å². The van der Waals surface area contributed by atoms with Crippen LogP contribution in [-0.4, -0.2) is 9.13 Å². The van der Waals surface area contributed by atoms with Gasteiger partial charge in [-0.15, -0.1) is 0 Å². The molecule has 22 aromatic rings. The van der Waals surface area contributed by atoms with Crippen LogP contribution in [0, 0.1) is 0 Å². The summed E-state index contributed by atoms with van der Waals surface area (Å²) in [6.07, 6.45) is 0. The van der Waals surface area contributed by atoms with Crippen LogP contribution >= 0.6 is 0 Å². The second kappa shape index (κ2) is 32.7. The lowest BCUT2D eigenvalue weighted by molar-refractivity contribution is 1.18. The normalized spacial score (nSPS) is 11.9. The summed E-state index contributed by atoms with van der Waals surface area (Å²) >= 11 is 0. The van der Waals surface area contributed by atoms with Gasteiger partial charge in [-0.1, -0.05) is 315 Å². The minimum Gasteiger partial charge on any atom is -0.310 e. The molecule has 6 nitrogen and oxygen atoms in total. The average molecular weight is 1570 g/mol. The molecular weight excluding hydrogens is 1480 g/mol. The maximum Gasteiger partial charge on any atom is 0.0645 e. The predicted molar refractivity (Wildman–Crippen MR) is 517 cm³/mol. The van der Waals surface area contributed by atoms with Crippen LogP contribution in [0.25, 0.3) is 121 Å². The summed E-state index contributed by atoms with van der Waals surface area (Å²) in [7, 11) is 0. The van der Waals surface area contributed by atoms with Crippen molar-refractivity contribution < 1.29 is 6.85 Å². The van der Waals surface area contributed by atoms with Gasteiger partial charge in [0.25, 0.3) is 0 Å². The Morgan fingerprint density at radius 2 is 0.434 bits per heavy atom. The highest BCUT2D eigenvalue weighted by atomic mass is 15.2. The average Bonchev–Trinajstić information content (AvgIpc) is 1.69. The molecule has 0 saturated carbocycles. The molecule has 6 heteroatoms. The fourth-order valence-corrected chi connectivity index (χ4v) is 17.4. The van der Waals surface area contributed by atoms with Crippen molar-refractivity contribution in [2.24, 2.45) is 0 Å². The number of hydrogen-bond donors (Lipinski definition) is 0. The van der Waals surface area contributed by atoms with E-state index in [0.717, 1.165) is 118 Å². The predicted octanol–water partition coefficient (Wildman–Crippen LogP) is 32.4. The molecular formula is C116H82N6. The Balaban J connectivity index is 0.000000155. The van der Waals surface area contributed by atoms with E-state index in [2.05, 4.69) is 388 Å². The molecule has 0 aliphatic carbocycles. The van der Waals surface area contributed by atoms with E-state index in [0.29, 0.717) is 11.4 Å². The summed E-state index contributed by atoms with van der Waals surface area (Å²) in [5, 5.41) is 9.61. The minimum atomic E-state index is -0.442. The number of para-hydroxylation sites is 6. The third kappa shape index (κ3) is 14.4. The van der Waals surface area contributed by atoms with Crippen LogP contribution in [-0.2, 0) is 0 Å². The van der Waals surface area contributed by atoms with Crippen molar-refractivity contribution in [2.75, 3.05) is 19.6 Å². The van der Waals surface area contributed by atoms with Crippen LogP contribution in [0.2, 0.25) is 0 Å². The van der Waals surface area contributed by atoms with E-state index in [1.54, 1.807) is 4.90 Å². The van der Waals surface area contributed by atoms with Gasteiger partial charge >= 0.3 is 0 Å². The van der Waals surface area contributed by atoms with Crippen LogP contribution in [0.3, 0.4) is 0 Å². The molecule has 0 N–H and O–H groups in total. The zero-order valence-electron chi connectivity index (χ0n) is 71.6. The Morgan fingerprint density at radius 3 is 0.893 bits per heavy atom. The molecule has 0 bridgehead atoms. The van der Waals surface area contributed by atoms with Gasteiger partial charge < -0.3 is 28.7 Å². The Bertz CT molecular complexity index is 7810. The molecule has 122 heavy (non-hydrogen) atoms. The van der Waals surface area contributed by atoms with Crippen LogP contribution in [0.1, 0.15) is 6.85 Å². The first-order chi connectivity index (χ1) is 62.6. The van der Waals surface area contributed by atoms with Crippen molar-refractivity contribution in [3.05, 3.63) is 497 Å². The first kappa shape index (κ1) is 67.8. The molecule has 0 atom stereocenters. The smallest absolute Gasteiger partial charge is 0.0645 e. The molecule has 0 amide bonds. The van der Waals surface area contributed by atoms with E-state index in [1.165, 1.54) is 54.5 Å². The third-order valence-corrected chi connectivity index (χ3v) is 23.1. The van der Waals surface area contributed by atoms with Crippen molar-refractivity contribution in [3.8, 4) is 55.9 Å². The molecule has 0 fully saturated rings. The number of rotatable bonds is 18. The summed E-state index contributed by atoms with van der Waals surface area (Å²) in [6, 6.07) is 163. The van der Waals surface area contributed by atoms with Crippen molar-refractivity contribution in [2.45, 2.75) is 0 Å². The second-order valence-electron chi connectivity index (χ2n) is 30.5. The topological polar surface area (TPSA) is 22.8 Å². The first-order valence-electron chi connectivity index (χ1n) is 43.8. The molecule has 22 rings (SSSR count). The molecule has 20 aromatic carbocycles. The van der Waals surface area contributed by atoms with Crippen molar-refractivity contribution in [1.82, 2.24) is 9.13 Å². The number of hydrogen-bond acceptors (Lipinski definition) is 4. The molecule has 0 aliphatic rings. The van der Waals surface area contributed by atoms with E-state index >= 15 is 0 Å². The monoisotopic (exact) mass is 1560 g/mol. The third-order valence-electron chi connectivity index (χ3n) is 23.1. The molecule has 0 saturated heterocycles. The lowest BCUT2D eigenvalue weighted by atomic mass is 10.0. The minimum absolute atomic E-state index is 0.0587.